The van der Waals surface area contributed by atoms with Crippen molar-refractivity contribution in [3.8, 4) is 0 Å². The van der Waals surface area contributed by atoms with Gasteiger partial charge in [0.2, 0.25) is 10.0 Å². The third-order valence-corrected chi connectivity index (χ3v) is 4.94. The minimum absolute atomic E-state index is 0.172. The van der Waals surface area contributed by atoms with E-state index in [-0.39, 0.29) is 31.9 Å². The fourth-order valence-corrected chi connectivity index (χ4v) is 3.41. The van der Waals surface area contributed by atoms with Crippen LogP contribution in [0.15, 0.2) is 0 Å². The molecule has 8 heteroatoms. The number of aliphatic carboxylic acids is 1. The molecule has 1 fully saturated rings. The van der Waals surface area contributed by atoms with Crippen molar-refractivity contribution < 1.29 is 27.9 Å². The van der Waals surface area contributed by atoms with Gasteiger partial charge in [-0.2, -0.15) is 0 Å². The van der Waals surface area contributed by atoms with E-state index in [1.54, 1.807) is 6.92 Å². The van der Waals surface area contributed by atoms with Crippen molar-refractivity contribution in [3.05, 3.63) is 0 Å². The minimum Gasteiger partial charge on any atom is -0.481 e. The number of hydrogen-bond acceptors (Lipinski definition) is 5. The molecule has 1 aliphatic rings. The number of carbonyl (C=O) groups excluding carboxylic acids is 1. The molecule has 0 aromatic heterocycles. The van der Waals surface area contributed by atoms with E-state index < -0.39 is 27.9 Å². The van der Waals surface area contributed by atoms with Gasteiger partial charge in [0.05, 0.1) is 24.7 Å². The van der Waals surface area contributed by atoms with Crippen LogP contribution >= 0.6 is 0 Å². The van der Waals surface area contributed by atoms with Gasteiger partial charge in [0.25, 0.3) is 0 Å². The predicted molar refractivity (Wildman–Crippen MR) is 67.0 cm³/mol. The van der Waals surface area contributed by atoms with Crippen LogP contribution in [0.3, 0.4) is 0 Å². The van der Waals surface area contributed by atoms with Gasteiger partial charge in [-0.05, 0) is 19.8 Å². The van der Waals surface area contributed by atoms with E-state index in [2.05, 4.69) is 4.74 Å². The summed E-state index contributed by atoms with van der Waals surface area (Å²) in [6.45, 7) is 2.27. The van der Waals surface area contributed by atoms with Crippen molar-refractivity contribution in [1.29, 1.82) is 0 Å². The molecule has 0 bridgehead atoms. The largest absolute Gasteiger partial charge is 0.481 e. The standard InChI is InChI=1S/C11H19NO6S/c1-2-18-10(13)5-8-19(16,17)12-6-3-9(4-7-12)11(14)15/h9H,2-8H2,1H3,(H,14,15). The van der Waals surface area contributed by atoms with Crippen LogP contribution < -0.4 is 0 Å². The second-order valence-electron chi connectivity index (χ2n) is 4.38. The summed E-state index contributed by atoms with van der Waals surface area (Å²) < 4.78 is 29.8. The highest BCUT2D eigenvalue weighted by atomic mass is 32.2. The number of sulfonamides is 1. The molecule has 0 atom stereocenters. The number of carboxylic acids is 1. The topological polar surface area (TPSA) is 101 Å². The molecule has 0 spiro atoms. The number of ether oxygens (including phenoxy) is 1. The summed E-state index contributed by atoms with van der Waals surface area (Å²) in [5.41, 5.74) is 0. The lowest BCUT2D eigenvalue weighted by Crippen LogP contribution is -2.41. The SMILES string of the molecule is CCOC(=O)CCS(=O)(=O)N1CCC(C(=O)O)CC1. The summed E-state index contributed by atoms with van der Waals surface area (Å²) >= 11 is 0. The molecule has 110 valence electrons. The van der Waals surface area contributed by atoms with Crippen molar-refractivity contribution in [2.75, 3.05) is 25.4 Å². The van der Waals surface area contributed by atoms with Crippen LogP contribution in [0, 0.1) is 5.92 Å². The van der Waals surface area contributed by atoms with Crippen molar-refractivity contribution >= 4 is 22.0 Å². The second-order valence-corrected chi connectivity index (χ2v) is 6.47. The molecular formula is C11H19NO6S. The zero-order chi connectivity index (χ0) is 14.5. The molecule has 7 nitrogen and oxygen atoms in total. The summed E-state index contributed by atoms with van der Waals surface area (Å²) in [5.74, 6) is -2.18. The molecule has 19 heavy (non-hydrogen) atoms. The van der Waals surface area contributed by atoms with Crippen molar-refractivity contribution in [3.63, 3.8) is 0 Å². The van der Waals surface area contributed by atoms with E-state index >= 15 is 0 Å². The second kappa shape index (κ2) is 6.85. The first kappa shape index (κ1) is 15.9. The Hall–Kier alpha value is -1.15. The van der Waals surface area contributed by atoms with Crippen molar-refractivity contribution in [2.45, 2.75) is 26.2 Å². The van der Waals surface area contributed by atoms with E-state index in [0.717, 1.165) is 0 Å². The van der Waals surface area contributed by atoms with Gasteiger partial charge in [-0.3, -0.25) is 9.59 Å². The maximum absolute atomic E-state index is 11.9. The highest BCUT2D eigenvalue weighted by Crippen LogP contribution is 2.20. The molecule has 1 saturated heterocycles. The number of carboxylic acid groups (broad SMARTS) is 1. The van der Waals surface area contributed by atoms with Crippen LogP contribution in [0.2, 0.25) is 0 Å². The first-order valence-electron chi connectivity index (χ1n) is 6.23. The third-order valence-electron chi connectivity index (χ3n) is 3.07. The minimum atomic E-state index is -3.51. The van der Waals surface area contributed by atoms with Crippen LogP contribution in [0.25, 0.3) is 0 Å². The van der Waals surface area contributed by atoms with Gasteiger partial charge in [0.1, 0.15) is 0 Å². The smallest absolute Gasteiger partial charge is 0.306 e. The number of esters is 1. The third kappa shape index (κ3) is 4.79. The lowest BCUT2D eigenvalue weighted by Gasteiger charge is -2.29. The summed E-state index contributed by atoms with van der Waals surface area (Å²) in [7, 11) is -3.51. The quantitative estimate of drug-likeness (QED) is 0.695. The molecule has 1 rings (SSSR count). The van der Waals surface area contributed by atoms with Gasteiger partial charge >= 0.3 is 11.9 Å². The Kier molecular flexibility index (Phi) is 5.74. The Morgan fingerprint density at radius 3 is 2.37 bits per heavy atom. The Labute approximate surface area is 112 Å². The van der Waals surface area contributed by atoms with Gasteiger partial charge in [0.15, 0.2) is 0 Å². The maximum Gasteiger partial charge on any atom is 0.306 e. The van der Waals surface area contributed by atoms with Crippen LogP contribution in [-0.2, 0) is 24.3 Å². The molecule has 0 radical (unpaired) electrons. The van der Waals surface area contributed by atoms with E-state index in [4.69, 9.17) is 5.11 Å². The number of rotatable bonds is 6. The zero-order valence-corrected chi connectivity index (χ0v) is 11.7. The van der Waals surface area contributed by atoms with Crippen LogP contribution in [0.4, 0.5) is 0 Å². The first-order valence-corrected chi connectivity index (χ1v) is 7.84. The summed E-state index contributed by atoms with van der Waals surface area (Å²) in [6, 6.07) is 0. The molecule has 0 saturated carbocycles. The lowest BCUT2D eigenvalue weighted by atomic mass is 9.99. The van der Waals surface area contributed by atoms with Gasteiger partial charge in [0, 0.05) is 13.1 Å². The summed E-state index contributed by atoms with van der Waals surface area (Å²) in [6.07, 6.45) is 0.455. The number of hydrogen-bond donors (Lipinski definition) is 1. The molecule has 0 aromatic rings. The van der Waals surface area contributed by atoms with E-state index in [9.17, 15) is 18.0 Å². The lowest BCUT2D eigenvalue weighted by molar-refractivity contribution is -0.143. The van der Waals surface area contributed by atoms with Crippen LogP contribution in [-0.4, -0.2) is 55.2 Å². The van der Waals surface area contributed by atoms with E-state index in [1.165, 1.54) is 4.31 Å². The molecule has 0 aliphatic carbocycles. The Morgan fingerprint density at radius 2 is 1.89 bits per heavy atom. The molecule has 1 N–H and O–H groups in total. The highest BCUT2D eigenvalue weighted by molar-refractivity contribution is 7.89. The van der Waals surface area contributed by atoms with E-state index in [1.807, 2.05) is 0 Å². The summed E-state index contributed by atoms with van der Waals surface area (Å²) in [4.78, 5) is 21.9. The van der Waals surface area contributed by atoms with Gasteiger partial charge in [-0.1, -0.05) is 0 Å². The molecule has 1 aliphatic heterocycles. The Bertz CT molecular complexity index is 424. The number of carbonyl (C=O) groups is 2. The Balaban J connectivity index is 2.46. The van der Waals surface area contributed by atoms with Crippen LogP contribution in [0.5, 0.6) is 0 Å². The van der Waals surface area contributed by atoms with Gasteiger partial charge in [-0.25, -0.2) is 12.7 Å². The number of piperidine rings is 1. The van der Waals surface area contributed by atoms with E-state index in [0.29, 0.717) is 12.8 Å². The monoisotopic (exact) mass is 293 g/mol. The normalized spacial score (nSPS) is 18.2. The Morgan fingerprint density at radius 1 is 1.32 bits per heavy atom. The average Bonchev–Trinajstić information content (AvgIpc) is 2.37. The van der Waals surface area contributed by atoms with Crippen molar-refractivity contribution in [1.82, 2.24) is 4.31 Å². The number of nitrogens with zero attached hydrogens (tertiary/aromatic N) is 1. The molecule has 0 amide bonds. The first-order chi connectivity index (χ1) is 8.86. The summed E-state index contributed by atoms with van der Waals surface area (Å²) in [5, 5.41) is 8.83. The van der Waals surface area contributed by atoms with Gasteiger partial charge in [-0.15, -0.1) is 0 Å². The van der Waals surface area contributed by atoms with Crippen LogP contribution in [0.1, 0.15) is 26.2 Å². The van der Waals surface area contributed by atoms with Gasteiger partial charge < -0.3 is 9.84 Å². The molecule has 1 heterocycles. The van der Waals surface area contributed by atoms with Crippen molar-refractivity contribution in [2.24, 2.45) is 5.92 Å². The molecule has 0 aromatic carbocycles. The molecule has 0 unspecified atom stereocenters. The highest BCUT2D eigenvalue weighted by Gasteiger charge is 2.31. The molecular weight excluding hydrogens is 274 g/mol. The fraction of sp³-hybridized carbons (Fsp3) is 0.818. The zero-order valence-electron chi connectivity index (χ0n) is 10.9. The average molecular weight is 293 g/mol. The predicted octanol–water partition coefficient (Wildman–Crippen LogP) is 0.0660. The fourth-order valence-electron chi connectivity index (χ4n) is 1.96. The maximum atomic E-state index is 11.9.